The van der Waals surface area contributed by atoms with Gasteiger partial charge in [0.25, 0.3) is 11.6 Å². The van der Waals surface area contributed by atoms with Gasteiger partial charge in [-0.25, -0.2) is 0 Å². The van der Waals surface area contributed by atoms with Gasteiger partial charge in [0.2, 0.25) is 0 Å². The Hall–Kier alpha value is -3.22. The van der Waals surface area contributed by atoms with E-state index in [2.05, 4.69) is 10.5 Å². The Labute approximate surface area is 126 Å². The molecule has 0 aliphatic heterocycles. The van der Waals surface area contributed by atoms with Gasteiger partial charge in [0, 0.05) is 23.3 Å². The van der Waals surface area contributed by atoms with E-state index in [1.54, 1.807) is 31.2 Å². The first kappa shape index (κ1) is 15.2. The smallest absolute Gasteiger partial charge is 0.269 e. The standard InChI is InChI=1S/C15H13N3O4/c1-10(17-20)13-4-2-3-5-14(13)16-15(19)11-6-8-12(9-7-11)18(21)22/h2-9,20H,1H3,(H,16,19)/b17-10+. The molecule has 0 unspecified atom stereocenters. The molecule has 2 rings (SSSR count). The minimum atomic E-state index is -0.530. The largest absolute Gasteiger partial charge is 0.411 e. The number of anilines is 1. The number of oxime groups is 1. The highest BCUT2D eigenvalue weighted by atomic mass is 16.6. The van der Waals surface area contributed by atoms with Crippen molar-refractivity contribution in [2.45, 2.75) is 6.92 Å². The van der Waals surface area contributed by atoms with Crippen LogP contribution in [-0.4, -0.2) is 21.7 Å². The third kappa shape index (κ3) is 3.26. The number of amides is 1. The lowest BCUT2D eigenvalue weighted by molar-refractivity contribution is -0.384. The zero-order chi connectivity index (χ0) is 16.1. The quantitative estimate of drug-likeness (QED) is 0.392. The summed E-state index contributed by atoms with van der Waals surface area (Å²) < 4.78 is 0. The van der Waals surface area contributed by atoms with Crippen molar-refractivity contribution in [2.75, 3.05) is 5.32 Å². The summed E-state index contributed by atoms with van der Waals surface area (Å²) in [5.74, 6) is -0.409. The molecule has 0 aliphatic rings. The number of hydrogen-bond donors (Lipinski definition) is 2. The average molecular weight is 299 g/mol. The van der Waals surface area contributed by atoms with Crippen molar-refractivity contribution in [1.82, 2.24) is 0 Å². The second kappa shape index (κ2) is 6.49. The summed E-state index contributed by atoms with van der Waals surface area (Å²) in [5.41, 5.74) is 1.64. The minimum absolute atomic E-state index is 0.0831. The van der Waals surface area contributed by atoms with Gasteiger partial charge >= 0.3 is 0 Å². The Morgan fingerprint density at radius 3 is 2.41 bits per heavy atom. The normalized spacial score (nSPS) is 11.0. The van der Waals surface area contributed by atoms with Gasteiger partial charge in [-0.05, 0) is 25.1 Å². The van der Waals surface area contributed by atoms with E-state index in [-0.39, 0.29) is 5.69 Å². The number of nitro groups is 1. The third-order valence-corrected chi connectivity index (χ3v) is 3.06. The summed E-state index contributed by atoms with van der Waals surface area (Å²) in [5, 5.41) is 25.3. The molecule has 0 heterocycles. The molecule has 2 N–H and O–H groups in total. The summed E-state index contributed by atoms with van der Waals surface area (Å²) >= 11 is 0. The maximum atomic E-state index is 12.2. The van der Waals surface area contributed by atoms with Gasteiger partial charge in [0.15, 0.2) is 0 Å². The Morgan fingerprint density at radius 2 is 1.82 bits per heavy atom. The lowest BCUT2D eigenvalue weighted by atomic mass is 10.1. The van der Waals surface area contributed by atoms with Gasteiger partial charge in [-0.2, -0.15) is 0 Å². The molecule has 0 bridgehead atoms. The highest BCUT2D eigenvalue weighted by Gasteiger charge is 2.12. The molecule has 1 amide bonds. The van der Waals surface area contributed by atoms with E-state index in [0.717, 1.165) is 0 Å². The monoisotopic (exact) mass is 299 g/mol. The number of rotatable bonds is 4. The molecule has 2 aromatic rings. The molecule has 0 spiro atoms. The molecule has 2 aromatic carbocycles. The van der Waals surface area contributed by atoms with E-state index in [1.807, 2.05) is 0 Å². The van der Waals surface area contributed by atoms with Crippen LogP contribution in [0.25, 0.3) is 0 Å². The predicted molar refractivity (Wildman–Crippen MR) is 81.5 cm³/mol. The molecule has 7 nitrogen and oxygen atoms in total. The maximum absolute atomic E-state index is 12.2. The number of nitro benzene ring substituents is 1. The molecule has 112 valence electrons. The highest BCUT2D eigenvalue weighted by molar-refractivity contribution is 6.10. The van der Waals surface area contributed by atoms with Crippen LogP contribution in [0.4, 0.5) is 11.4 Å². The lowest BCUT2D eigenvalue weighted by Gasteiger charge is -2.10. The van der Waals surface area contributed by atoms with Gasteiger partial charge in [-0.1, -0.05) is 23.4 Å². The molecular weight excluding hydrogens is 286 g/mol. The number of carbonyl (C=O) groups excluding carboxylic acids is 1. The molecule has 0 fully saturated rings. The van der Waals surface area contributed by atoms with E-state index in [1.165, 1.54) is 24.3 Å². The summed E-state index contributed by atoms with van der Waals surface area (Å²) in [6.07, 6.45) is 0. The fraction of sp³-hybridized carbons (Fsp3) is 0.0667. The van der Waals surface area contributed by atoms with Crippen molar-refractivity contribution in [3.05, 3.63) is 69.8 Å². The molecule has 0 saturated heterocycles. The van der Waals surface area contributed by atoms with E-state index in [4.69, 9.17) is 5.21 Å². The topological polar surface area (TPSA) is 105 Å². The van der Waals surface area contributed by atoms with Gasteiger partial charge in [0.1, 0.15) is 0 Å². The molecule has 0 aliphatic carbocycles. The van der Waals surface area contributed by atoms with Crippen LogP contribution >= 0.6 is 0 Å². The van der Waals surface area contributed by atoms with Crippen molar-refractivity contribution in [2.24, 2.45) is 5.16 Å². The number of para-hydroxylation sites is 1. The molecule has 0 aromatic heterocycles. The molecular formula is C15H13N3O4. The van der Waals surface area contributed by atoms with Crippen LogP contribution in [0.5, 0.6) is 0 Å². The zero-order valence-corrected chi connectivity index (χ0v) is 11.7. The number of benzene rings is 2. The van der Waals surface area contributed by atoms with Gasteiger partial charge in [-0.3, -0.25) is 14.9 Å². The number of hydrogen-bond acceptors (Lipinski definition) is 5. The van der Waals surface area contributed by atoms with Gasteiger partial charge < -0.3 is 10.5 Å². The summed E-state index contributed by atoms with van der Waals surface area (Å²) in [4.78, 5) is 22.2. The van der Waals surface area contributed by atoms with Gasteiger partial charge in [-0.15, -0.1) is 0 Å². The molecule has 0 atom stereocenters. The summed E-state index contributed by atoms with van der Waals surface area (Å²) in [7, 11) is 0. The van der Waals surface area contributed by atoms with Crippen LogP contribution in [0.15, 0.2) is 53.7 Å². The van der Waals surface area contributed by atoms with Crippen molar-refractivity contribution >= 4 is 23.0 Å². The molecule has 0 radical (unpaired) electrons. The first-order chi connectivity index (χ1) is 10.5. The Bertz CT molecular complexity index is 739. The summed E-state index contributed by atoms with van der Waals surface area (Å²) in [6, 6.07) is 12.2. The number of nitrogens with one attached hydrogen (secondary N) is 1. The van der Waals surface area contributed by atoms with Crippen LogP contribution in [-0.2, 0) is 0 Å². The Balaban J connectivity index is 2.24. The second-order valence-corrected chi connectivity index (χ2v) is 4.49. The lowest BCUT2D eigenvalue weighted by Crippen LogP contribution is -2.14. The number of non-ortho nitro benzene ring substituents is 1. The average Bonchev–Trinajstić information content (AvgIpc) is 2.54. The van der Waals surface area contributed by atoms with E-state index in [9.17, 15) is 14.9 Å². The Kier molecular flexibility index (Phi) is 4.47. The third-order valence-electron chi connectivity index (χ3n) is 3.06. The van der Waals surface area contributed by atoms with E-state index < -0.39 is 10.8 Å². The van der Waals surface area contributed by atoms with Crippen LogP contribution in [0.3, 0.4) is 0 Å². The predicted octanol–water partition coefficient (Wildman–Crippen LogP) is 3.05. The maximum Gasteiger partial charge on any atom is 0.269 e. The van der Waals surface area contributed by atoms with E-state index in [0.29, 0.717) is 22.5 Å². The first-order valence-corrected chi connectivity index (χ1v) is 6.37. The van der Waals surface area contributed by atoms with Crippen LogP contribution in [0.1, 0.15) is 22.8 Å². The fourth-order valence-electron chi connectivity index (χ4n) is 1.89. The summed E-state index contributed by atoms with van der Waals surface area (Å²) in [6.45, 7) is 1.61. The molecule has 0 saturated carbocycles. The molecule has 22 heavy (non-hydrogen) atoms. The fourth-order valence-corrected chi connectivity index (χ4v) is 1.89. The SMILES string of the molecule is C/C(=N\O)c1ccccc1NC(=O)c1ccc([N+](=O)[O-])cc1. The Morgan fingerprint density at radius 1 is 1.18 bits per heavy atom. The minimum Gasteiger partial charge on any atom is -0.411 e. The number of carbonyl (C=O) groups is 1. The highest BCUT2D eigenvalue weighted by Crippen LogP contribution is 2.18. The van der Waals surface area contributed by atoms with Crippen molar-refractivity contribution < 1.29 is 14.9 Å². The van der Waals surface area contributed by atoms with E-state index >= 15 is 0 Å². The van der Waals surface area contributed by atoms with Crippen molar-refractivity contribution in [3.8, 4) is 0 Å². The number of nitrogens with zero attached hydrogens (tertiary/aromatic N) is 2. The molecule has 7 heteroatoms. The van der Waals surface area contributed by atoms with Crippen molar-refractivity contribution in [1.29, 1.82) is 0 Å². The van der Waals surface area contributed by atoms with Crippen LogP contribution in [0, 0.1) is 10.1 Å². The van der Waals surface area contributed by atoms with Gasteiger partial charge in [0.05, 0.1) is 16.3 Å². The van der Waals surface area contributed by atoms with Crippen LogP contribution in [0.2, 0.25) is 0 Å². The van der Waals surface area contributed by atoms with Crippen molar-refractivity contribution in [3.63, 3.8) is 0 Å². The second-order valence-electron chi connectivity index (χ2n) is 4.49. The first-order valence-electron chi connectivity index (χ1n) is 6.37. The zero-order valence-electron chi connectivity index (χ0n) is 11.7. The van der Waals surface area contributed by atoms with Crippen LogP contribution < -0.4 is 5.32 Å².